The molecule has 110 valence electrons. The standard InChI is InChI=1S/C16H16O5/c1-18-12-5-11(6-13(8-12)19-2)16(17)10-3-4-14-15(7-10)21-9-20-14/h3-8,16-17H,9H2,1-2H3. The molecule has 5 nitrogen and oxygen atoms in total. The molecule has 0 amide bonds. The molecule has 2 aromatic carbocycles. The summed E-state index contributed by atoms with van der Waals surface area (Å²) in [5.41, 5.74) is 1.40. The zero-order valence-corrected chi connectivity index (χ0v) is 11.8. The first-order chi connectivity index (χ1) is 10.2. The van der Waals surface area contributed by atoms with E-state index >= 15 is 0 Å². The smallest absolute Gasteiger partial charge is 0.231 e. The number of hydrogen-bond acceptors (Lipinski definition) is 5. The normalized spacial score (nSPS) is 13.9. The zero-order valence-electron chi connectivity index (χ0n) is 11.8. The largest absolute Gasteiger partial charge is 0.497 e. The van der Waals surface area contributed by atoms with Crippen molar-refractivity contribution in [2.45, 2.75) is 6.10 Å². The molecule has 0 spiro atoms. The second-order valence-corrected chi connectivity index (χ2v) is 4.66. The highest BCUT2D eigenvalue weighted by molar-refractivity contribution is 5.48. The minimum Gasteiger partial charge on any atom is -0.497 e. The van der Waals surface area contributed by atoms with Gasteiger partial charge in [-0.25, -0.2) is 0 Å². The highest BCUT2D eigenvalue weighted by Crippen LogP contribution is 2.36. The van der Waals surface area contributed by atoms with Gasteiger partial charge in [0.15, 0.2) is 11.5 Å². The molecule has 1 aliphatic rings. The van der Waals surface area contributed by atoms with Crippen molar-refractivity contribution in [1.29, 1.82) is 0 Å². The summed E-state index contributed by atoms with van der Waals surface area (Å²) in [6, 6.07) is 10.7. The molecule has 1 N–H and O–H groups in total. The fourth-order valence-electron chi connectivity index (χ4n) is 2.26. The van der Waals surface area contributed by atoms with Gasteiger partial charge in [-0.3, -0.25) is 0 Å². The molecular formula is C16H16O5. The van der Waals surface area contributed by atoms with E-state index in [-0.39, 0.29) is 6.79 Å². The number of fused-ring (bicyclic) bond motifs is 1. The minimum absolute atomic E-state index is 0.210. The molecular weight excluding hydrogens is 272 g/mol. The van der Waals surface area contributed by atoms with Crippen molar-refractivity contribution in [3.63, 3.8) is 0 Å². The molecule has 5 heteroatoms. The molecule has 0 aliphatic carbocycles. The molecule has 2 aromatic rings. The lowest BCUT2D eigenvalue weighted by molar-refractivity contribution is 0.173. The van der Waals surface area contributed by atoms with Gasteiger partial charge < -0.3 is 24.1 Å². The Bertz CT molecular complexity index is 631. The van der Waals surface area contributed by atoms with Gasteiger partial charge in [0.25, 0.3) is 0 Å². The van der Waals surface area contributed by atoms with E-state index in [0.29, 0.717) is 28.6 Å². The van der Waals surface area contributed by atoms with E-state index in [1.165, 1.54) is 0 Å². The van der Waals surface area contributed by atoms with Crippen LogP contribution in [0.4, 0.5) is 0 Å². The van der Waals surface area contributed by atoms with E-state index in [1.807, 2.05) is 6.07 Å². The Hall–Kier alpha value is -2.40. The van der Waals surface area contributed by atoms with Gasteiger partial charge in [0.05, 0.1) is 14.2 Å². The van der Waals surface area contributed by atoms with E-state index in [1.54, 1.807) is 44.6 Å². The third kappa shape index (κ3) is 2.60. The van der Waals surface area contributed by atoms with Gasteiger partial charge in [-0.1, -0.05) is 6.07 Å². The average molecular weight is 288 g/mol. The summed E-state index contributed by atoms with van der Waals surface area (Å²) in [4.78, 5) is 0. The van der Waals surface area contributed by atoms with Crippen LogP contribution in [0.2, 0.25) is 0 Å². The van der Waals surface area contributed by atoms with Crippen LogP contribution in [-0.2, 0) is 0 Å². The van der Waals surface area contributed by atoms with E-state index < -0.39 is 6.10 Å². The molecule has 0 saturated heterocycles. The fraction of sp³-hybridized carbons (Fsp3) is 0.250. The van der Waals surface area contributed by atoms with Crippen LogP contribution in [0.5, 0.6) is 23.0 Å². The second kappa shape index (κ2) is 5.54. The molecule has 0 radical (unpaired) electrons. The van der Waals surface area contributed by atoms with Gasteiger partial charge in [-0.15, -0.1) is 0 Å². The maximum atomic E-state index is 10.6. The van der Waals surface area contributed by atoms with E-state index in [9.17, 15) is 5.11 Å². The van der Waals surface area contributed by atoms with Gasteiger partial charge in [0.2, 0.25) is 6.79 Å². The quantitative estimate of drug-likeness (QED) is 0.936. The van der Waals surface area contributed by atoms with Crippen LogP contribution in [0.15, 0.2) is 36.4 Å². The maximum Gasteiger partial charge on any atom is 0.231 e. The molecule has 0 fully saturated rings. The zero-order chi connectivity index (χ0) is 14.8. The first-order valence-electron chi connectivity index (χ1n) is 6.52. The van der Waals surface area contributed by atoms with E-state index in [2.05, 4.69) is 0 Å². The number of hydrogen-bond donors (Lipinski definition) is 1. The number of benzene rings is 2. The Morgan fingerprint density at radius 3 is 2.24 bits per heavy atom. The highest BCUT2D eigenvalue weighted by atomic mass is 16.7. The first kappa shape index (κ1) is 13.6. The summed E-state index contributed by atoms with van der Waals surface area (Å²) in [5.74, 6) is 2.59. The summed E-state index contributed by atoms with van der Waals surface area (Å²) < 4.78 is 21.0. The van der Waals surface area contributed by atoms with Crippen molar-refractivity contribution in [3.8, 4) is 23.0 Å². The van der Waals surface area contributed by atoms with Crippen molar-refractivity contribution in [3.05, 3.63) is 47.5 Å². The maximum absolute atomic E-state index is 10.6. The number of ether oxygens (including phenoxy) is 4. The molecule has 0 bridgehead atoms. The number of rotatable bonds is 4. The van der Waals surface area contributed by atoms with Gasteiger partial charge in [-0.2, -0.15) is 0 Å². The van der Waals surface area contributed by atoms with Crippen LogP contribution in [0.25, 0.3) is 0 Å². The lowest BCUT2D eigenvalue weighted by Crippen LogP contribution is -2.01. The van der Waals surface area contributed by atoms with E-state index in [0.717, 1.165) is 5.56 Å². The third-order valence-corrected chi connectivity index (χ3v) is 3.40. The summed E-state index contributed by atoms with van der Waals surface area (Å²) >= 11 is 0. The molecule has 1 aliphatic heterocycles. The van der Waals surface area contributed by atoms with Crippen LogP contribution in [0, 0.1) is 0 Å². The Balaban J connectivity index is 1.96. The number of methoxy groups -OCH3 is 2. The van der Waals surface area contributed by atoms with Crippen molar-refractivity contribution in [2.24, 2.45) is 0 Å². The predicted molar refractivity (Wildman–Crippen MR) is 76.2 cm³/mol. The van der Waals surface area contributed by atoms with Crippen LogP contribution in [0.1, 0.15) is 17.2 Å². The molecule has 1 atom stereocenters. The third-order valence-electron chi connectivity index (χ3n) is 3.40. The molecule has 0 saturated carbocycles. The lowest BCUT2D eigenvalue weighted by atomic mass is 10.0. The van der Waals surface area contributed by atoms with Crippen molar-refractivity contribution < 1.29 is 24.1 Å². The van der Waals surface area contributed by atoms with Gasteiger partial charge in [0.1, 0.15) is 17.6 Å². The second-order valence-electron chi connectivity index (χ2n) is 4.66. The molecule has 0 aromatic heterocycles. The lowest BCUT2D eigenvalue weighted by Gasteiger charge is -2.14. The average Bonchev–Trinajstić information content (AvgIpc) is 3.01. The van der Waals surface area contributed by atoms with Gasteiger partial charge in [-0.05, 0) is 35.4 Å². The van der Waals surface area contributed by atoms with Crippen molar-refractivity contribution in [2.75, 3.05) is 21.0 Å². The van der Waals surface area contributed by atoms with Gasteiger partial charge in [0, 0.05) is 6.07 Å². The Kier molecular flexibility index (Phi) is 3.58. The molecule has 21 heavy (non-hydrogen) atoms. The van der Waals surface area contributed by atoms with Gasteiger partial charge >= 0.3 is 0 Å². The summed E-state index contributed by atoms with van der Waals surface area (Å²) in [7, 11) is 3.15. The van der Waals surface area contributed by atoms with Crippen LogP contribution in [0.3, 0.4) is 0 Å². The van der Waals surface area contributed by atoms with Crippen LogP contribution >= 0.6 is 0 Å². The molecule has 1 unspecified atom stereocenters. The predicted octanol–water partition coefficient (Wildman–Crippen LogP) is 2.51. The molecule has 1 heterocycles. The number of aliphatic hydroxyl groups excluding tert-OH is 1. The Morgan fingerprint density at radius 1 is 0.905 bits per heavy atom. The summed E-state index contributed by atoms with van der Waals surface area (Å²) in [5, 5.41) is 10.6. The fourth-order valence-corrected chi connectivity index (χ4v) is 2.26. The van der Waals surface area contributed by atoms with E-state index in [4.69, 9.17) is 18.9 Å². The highest BCUT2D eigenvalue weighted by Gasteiger charge is 2.18. The topological polar surface area (TPSA) is 57.2 Å². The summed E-state index contributed by atoms with van der Waals surface area (Å²) in [6.07, 6.45) is -0.802. The molecule has 3 rings (SSSR count). The first-order valence-corrected chi connectivity index (χ1v) is 6.52. The minimum atomic E-state index is -0.802. The van der Waals surface area contributed by atoms with Crippen molar-refractivity contribution >= 4 is 0 Å². The van der Waals surface area contributed by atoms with Crippen LogP contribution < -0.4 is 18.9 Å². The Morgan fingerprint density at radius 2 is 1.57 bits per heavy atom. The van der Waals surface area contributed by atoms with Crippen molar-refractivity contribution in [1.82, 2.24) is 0 Å². The van der Waals surface area contributed by atoms with Crippen LogP contribution in [-0.4, -0.2) is 26.1 Å². The summed E-state index contributed by atoms with van der Waals surface area (Å²) in [6.45, 7) is 0.210. The SMILES string of the molecule is COc1cc(OC)cc(C(O)c2ccc3c(c2)OCO3)c1. The monoisotopic (exact) mass is 288 g/mol. The Labute approximate surface area is 122 Å². The number of aliphatic hydroxyl groups is 1.